The molecule has 2 N–H and O–H groups in total. The molecule has 1 aliphatic carbocycles. The van der Waals surface area contributed by atoms with Gasteiger partial charge in [-0.15, -0.1) is 11.3 Å². The van der Waals surface area contributed by atoms with Crippen molar-refractivity contribution in [2.45, 2.75) is 44.8 Å². The van der Waals surface area contributed by atoms with E-state index < -0.39 is 5.60 Å². The summed E-state index contributed by atoms with van der Waals surface area (Å²) < 4.78 is 1.17. The first-order valence-electron chi connectivity index (χ1n) is 6.23. The topological polar surface area (TPSA) is 32.3 Å². The van der Waals surface area contributed by atoms with Gasteiger partial charge < -0.3 is 10.4 Å². The Morgan fingerprint density at radius 2 is 2.24 bits per heavy atom. The number of aliphatic hydroxyl groups is 1. The molecule has 0 radical (unpaired) electrons. The fourth-order valence-corrected chi connectivity index (χ4v) is 3.56. The van der Waals surface area contributed by atoms with Crippen molar-refractivity contribution in [1.82, 2.24) is 5.32 Å². The van der Waals surface area contributed by atoms with Crippen LogP contribution in [0.5, 0.6) is 0 Å². The van der Waals surface area contributed by atoms with Gasteiger partial charge in [-0.25, -0.2) is 0 Å². The molecule has 0 saturated heterocycles. The monoisotopic (exact) mass is 317 g/mol. The standard InChI is InChI=1S/C13H20BrNOS/c1-10-2-4-13(16,5-3-10)9-15-7-11-6-12(14)17-8-11/h6,8,10,15-16H,2-5,7,9H2,1H3. The van der Waals surface area contributed by atoms with Crippen molar-refractivity contribution in [2.75, 3.05) is 6.54 Å². The Balaban J connectivity index is 1.74. The van der Waals surface area contributed by atoms with Crippen molar-refractivity contribution in [3.63, 3.8) is 0 Å². The van der Waals surface area contributed by atoms with E-state index in [0.717, 1.165) is 38.1 Å². The molecule has 0 bridgehead atoms. The minimum Gasteiger partial charge on any atom is -0.389 e. The Labute approximate surface area is 116 Å². The van der Waals surface area contributed by atoms with E-state index >= 15 is 0 Å². The third-order valence-corrected chi connectivity index (χ3v) is 5.16. The number of rotatable bonds is 4. The number of hydrogen-bond donors (Lipinski definition) is 2. The fraction of sp³-hybridized carbons (Fsp3) is 0.692. The Hall–Kier alpha value is 0.100. The zero-order valence-electron chi connectivity index (χ0n) is 10.2. The largest absolute Gasteiger partial charge is 0.389 e. The highest BCUT2D eigenvalue weighted by Gasteiger charge is 2.31. The molecular weight excluding hydrogens is 298 g/mol. The third kappa shape index (κ3) is 4.05. The lowest BCUT2D eigenvalue weighted by Crippen LogP contribution is -2.43. The van der Waals surface area contributed by atoms with E-state index in [1.165, 1.54) is 9.35 Å². The van der Waals surface area contributed by atoms with E-state index in [1.807, 2.05) is 0 Å². The third-order valence-electron chi connectivity index (χ3n) is 3.61. The maximum absolute atomic E-state index is 10.4. The van der Waals surface area contributed by atoms with Crippen molar-refractivity contribution in [2.24, 2.45) is 5.92 Å². The van der Waals surface area contributed by atoms with Gasteiger partial charge in [0.05, 0.1) is 9.39 Å². The lowest BCUT2D eigenvalue weighted by molar-refractivity contribution is -0.00629. The Morgan fingerprint density at radius 3 is 2.82 bits per heavy atom. The molecule has 2 nitrogen and oxygen atoms in total. The Bertz CT molecular complexity index is 358. The average molecular weight is 318 g/mol. The van der Waals surface area contributed by atoms with Crippen LogP contribution in [0.15, 0.2) is 15.2 Å². The summed E-state index contributed by atoms with van der Waals surface area (Å²) in [7, 11) is 0. The summed E-state index contributed by atoms with van der Waals surface area (Å²) in [6, 6.07) is 2.13. The molecule has 1 fully saturated rings. The van der Waals surface area contributed by atoms with Gasteiger partial charge in [0, 0.05) is 13.1 Å². The van der Waals surface area contributed by atoms with Crippen LogP contribution in [0.25, 0.3) is 0 Å². The molecule has 0 aromatic carbocycles. The zero-order valence-corrected chi connectivity index (χ0v) is 12.6. The van der Waals surface area contributed by atoms with Gasteiger partial charge in [0.1, 0.15) is 0 Å². The number of hydrogen-bond acceptors (Lipinski definition) is 3. The van der Waals surface area contributed by atoms with E-state index in [9.17, 15) is 5.11 Å². The summed E-state index contributed by atoms with van der Waals surface area (Å²) >= 11 is 5.16. The lowest BCUT2D eigenvalue weighted by Gasteiger charge is -2.35. The average Bonchev–Trinajstić information content (AvgIpc) is 2.69. The van der Waals surface area contributed by atoms with E-state index in [4.69, 9.17) is 0 Å². The molecule has 1 heterocycles. The van der Waals surface area contributed by atoms with Crippen LogP contribution in [0.3, 0.4) is 0 Å². The zero-order chi connectivity index (χ0) is 12.3. The molecule has 1 aliphatic rings. The van der Waals surface area contributed by atoms with Crippen LogP contribution in [-0.2, 0) is 6.54 Å². The van der Waals surface area contributed by atoms with Crippen LogP contribution < -0.4 is 5.32 Å². The molecule has 1 aromatic heterocycles. The van der Waals surface area contributed by atoms with Crippen molar-refractivity contribution >= 4 is 27.3 Å². The van der Waals surface area contributed by atoms with E-state index in [0.29, 0.717) is 6.54 Å². The molecule has 0 unspecified atom stereocenters. The molecule has 0 aliphatic heterocycles. The highest BCUT2D eigenvalue weighted by atomic mass is 79.9. The summed E-state index contributed by atoms with van der Waals surface area (Å²) in [6.07, 6.45) is 4.19. The summed E-state index contributed by atoms with van der Waals surface area (Å²) in [5, 5.41) is 15.9. The molecule has 1 saturated carbocycles. The Kier molecular flexibility index (Phi) is 4.64. The van der Waals surface area contributed by atoms with Crippen molar-refractivity contribution in [3.05, 3.63) is 20.8 Å². The van der Waals surface area contributed by atoms with Crippen LogP contribution in [0.1, 0.15) is 38.2 Å². The highest BCUT2D eigenvalue weighted by Crippen LogP contribution is 2.31. The van der Waals surface area contributed by atoms with E-state index in [-0.39, 0.29) is 0 Å². The number of thiophene rings is 1. The first-order valence-corrected chi connectivity index (χ1v) is 7.91. The van der Waals surface area contributed by atoms with Crippen LogP contribution >= 0.6 is 27.3 Å². The van der Waals surface area contributed by atoms with Gasteiger partial charge in [0.2, 0.25) is 0 Å². The van der Waals surface area contributed by atoms with Crippen LogP contribution in [0, 0.1) is 5.92 Å². The molecule has 0 spiro atoms. The van der Waals surface area contributed by atoms with Gasteiger partial charge >= 0.3 is 0 Å². The van der Waals surface area contributed by atoms with Gasteiger partial charge in [0.25, 0.3) is 0 Å². The van der Waals surface area contributed by atoms with Crippen molar-refractivity contribution in [3.8, 4) is 0 Å². The highest BCUT2D eigenvalue weighted by molar-refractivity contribution is 9.11. The summed E-state index contributed by atoms with van der Waals surface area (Å²) in [5.41, 5.74) is 0.814. The van der Waals surface area contributed by atoms with Crippen LogP contribution in [-0.4, -0.2) is 17.3 Å². The summed E-state index contributed by atoms with van der Waals surface area (Å²) in [6.45, 7) is 3.84. The number of halogens is 1. The van der Waals surface area contributed by atoms with Gasteiger partial charge in [-0.1, -0.05) is 6.92 Å². The predicted octanol–water partition coefficient (Wildman–Crippen LogP) is 3.54. The normalized spacial score (nSPS) is 29.5. The van der Waals surface area contributed by atoms with Gasteiger partial charge in [-0.05, 0) is 64.5 Å². The quantitative estimate of drug-likeness (QED) is 0.890. The lowest BCUT2D eigenvalue weighted by atomic mass is 9.79. The number of nitrogens with one attached hydrogen (secondary N) is 1. The second kappa shape index (κ2) is 5.83. The SMILES string of the molecule is CC1CCC(O)(CNCc2csc(Br)c2)CC1. The molecule has 17 heavy (non-hydrogen) atoms. The minimum atomic E-state index is -0.472. The first-order chi connectivity index (χ1) is 8.07. The molecule has 0 amide bonds. The first kappa shape index (κ1) is 13.5. The van der Waals surface area contributed by atoms with Crippen LogP contribution in [0.2, 0.25) is 0 Å². The smallest absolute Gasteiger partial charge is 0.0771 e. The van der Waals surface area contributed by atoms with Crippen LogP contribution in [0.4, 0.5) is 0 Å². The van der Waals surface area contributed by atoms with Gasteiger partial charge in [-0.2, -0.15) is 0 Å². The molecular formula is C13H20BrNOS. The van der Waals surface area contributed by atoms with Gasteiger partial charge in [-0.3, -0.25) is 0 Å². The maximum Gasteiger partial charge on any atom is 0.0771 e. The summed E-state index contributed by atoms with van der Waals surface area (Å²) in [5.74, 6) is 0.781. The molecule has 0 atom stereocenters. The Morgan fingerprint density at radius 1 is 1.53 bits per heavy atom. The van der Waals surface area contributed by atoms with E-state index in [2.05, 4.69) is 39.6 Å². The van der Waals surface area contributed by atoms with E-state index in [1.54, 1.807) is 11.3 Å². The van der Waals surface area contributed by atoms with Crippen molar-refractivity contribution < 1.29 is 5.11 Å². The molecule has 2 rings (SSSR count). The maximum atomic E-state index is 10.4. The second-order valence-corrected chi connectivity index (χ2v) is 7.56. The molecule has 4 heteroatoms. The summed E-state index contributed by atoms with van der Waals surface area (Å²) in [4.78, 5) is 0. The molecule has 1 aromatic rings. The van der Waals surface area contributed by atoms with Crippen molar-refractivity contribution in [1.29, 1.82) is 0 Å². The molecule has 96 valence electrons. The predicted molar refractivity (Wildman–Crippen MR) is 76.3 cm³/mol. The van der Waals surface area contributed by atoms with Gasteiger partial charge in [0.15, 0.2) is 0 Å². The minimum absolute atomic E-state index is 0.472. The second-order valence-electron chi connectivity index (χ2n) is 5.27. The fourth-order valence-electron chi connectivity index (χ4n) is 2.35.